The Bertz CT molecular complexity index is 446. The van der Waals surface area contributed by atoms with Crippen LogP contribution < -0.4 is 11.1 Å². The molecule has 3 N–H and O–H groups in total. The van der Waals surface area contributed by atoms with Crippen LogP contribution in [0.5, 0.6) is 0 Å². The van der Waals surface area contributed by atoms with E-state index in [9.17, 15) is 0 Å². The SMILES string of the molecule is CC1(CNc2ncc(N)cc2C#N)CCCO1. The lowest BCUT2D eigenvalue weighted by Crippen LogP contribution is -2.33. The maximum absolute atomic E-state index is 8.98. The van der Waals surface area contributed by atoms with Crippen molar-refractivity contribution in [1.29, 1.82) is 5.26 Å². The average Bonchev–Trinajstić information content (AvgIpc) is 2.75. The highest BCUT2D eigenvalue weighted by Gasteiger charge is 2.29. The zero-order valence-corrected chi connectivity index (χ0v) is 9.86. The Morgan fingerprint density at radius 2 is 2.53 bits per heavy atom. The first-order valence-electron chi connectivity index (χ1n) is 5.66. The Hall–Kier alpha value is -1.80. The fourth-order valence-electron chi connectivity index (χ4n) is 1.95. The molecule has 1 aromatic heterocycles. The van der Waals surface area contributed by atoms with E-state index in [1.165, 1.54) is 0 Å². The van der Waals surface area contributed by atoms with E-state index in [4.69, 9.17) is 15.7 Å². The predicted molar refractivity (Wildman–Crippen MR) is 65.4 cm³/mol. The summed E-state index contributed by atoms with van der Waals surface area (Å²) in [4.78, 5) is 4.13. The van der Waals surface area contributed by atoms with Gasteiger partial charge in [0, 0.05) is 13.2 Å². The third kappa shape index (κ3) is 2.66. The average molecular weight is 232 g/mol. The zero-order chi connectivity index (χ0) is 12.3. The lowest BCUT2D eigenvalue weighted by molar-refractivity contribution is 0.0315. The molecule has 5 heteroatoms. The van der Waals surface area contributed by atoms with Crippen LogP contribution in [0.15, 0.2) is 12.3 Å². The molecule has 5 nitrogen and oxygen atoms in total. The molecule has 1 unspecified atom stereocenters. The molecule has 0 spiro atoms. The van der Waals surface area contributed by atoms with Crippen LogP contribution in [0.3, 0.4) is 0 Å². The van der Waals surface area contributed by atoms with Crippen molar-refractivity contribution in [2.75, 3.05) is 24.2 Å². The van der Waals surface area contributed by atoms with Gasteiger partial charge in [-0.1, -0.05) is 0 Å². The van der Waals surface area contributed by atoms with Gasteiger partial charge in [-0.3, -0.25) is 0 Å². The van der Waals surface area contributed by atoms with Gasteiger partial charge in [-0.15, -0.1) is 0 Å². The van der Waals surface area contributed by atoms with Crippen LogP contribution >= 0.6 is 0 Å². The monoisotopic (exact) mass is 232 g/mol. The Kier molecular flexibility index (Phi) is 3.16. The number of pyridine rings is 1. The third-order valence-corrected chi connectivity index (χ3v) is 2.96. The second-order valence-corrected chi connectivity index (χ2v) is 4.53. The summed E-state index contributed by atoms with van der Waals surface area (Å²) in [6, 6.07) is 3.70. The molecule has 0 bridgehead atoms. The highest BCUT2D eigenvalue weighted by atomic mass is 16.5. The second-order valence-electron chi connectivity index (χ2n) is 4.53. The van der Waals surface area contributed by atoms with E-state index in [1.807, 2.05) is 0 Å². The minimum atomic E-state index is -0.157. The number of hydrogen-bond acceptors (Lipinski definition) is 5. The molecule has 1 aliphatic rings. The summed E-state index contributed by atoms with van der Waals surface area (Å²) in [5.41, 5.74) is 6.38. The van der Waals surface area contributed by atoms with E-state index in [0.29, 0.717) is 23.6 Å². The van der Waals surface area contributed by atoms with Crippen LogP contribution in [-0.4, -0.2) is 23.7 Å². The Labute approximate surface area is 101 Å². The molecule has 1 aliphatic heterocycles. The first-order valence-corrected chi connectivity index (χ1v) is 5.66. The molecule has 2 rings (SSSR count). The molecule has 17 heavy (non-hydrogen) atoms. The third-order valence-electron chi connectivity index (χ3n) is 2.96. The maximum atomic E-state index is 8.98. The van der Waals surface area contributed by atoms with E-state index >= 15 is 0 Å². The highest BCUT2D eigenvalue weighted by Crippen LogP contribution is 2.25. The van der Waals surface area contributed by atoms with E-state index in [2.05, 4.69) is 23.3 Å². The Balaban J connectivity index is 2.06. The lowest BCUT2D eigenvalue weighted by Gasteiger charge is -2.23. The normalized spacial score (nSPS) is 23.3. The molecule has 1 atom stereocenters. The van der Waals surface area contributed by atoms with Gasteiger partial charge in [0.15, 0.2) is 0 Å². The fourth-order valence-corrected chi connectivity index (χ4v) is 1.95. The van der Waals surface area contributed by atoms with Crippen LogP contribution in [0.25, 0.3) is 0 Å². The Morgan fingerprint density at radius 3 is 3.18 bits per heavy atom. The molecular weight excluding hydrogens is 216 g/mol. The molecule has 0 aliphatic carbocycles. The van der Waals surface area contributed by atoms with Crippen molar-refractivity contribution in [3.8, 4) is 6.07 Å². The van der Waals surface area contributed by atoms with Gasteiger partial charge < -0.3 is 15.8 Å². The topological polar surface area (TPSA) is 84.0 Å². The van der Waals surface area contributed by atoms with Crippen LogP contribution in [0.4, 0.5) is 11.5 Å². The molecule has 90 valence electrons. The standard InChI is InChI=1S/C12H16N4O/c1-12(3-2-4-17-12)8-16-11-9(6-13)5-10(14)7-15-11/h5,7H,2-4,8,14H2,1H3,(H,15,16). The van der Waals surface area contributed by atoms with E-state index < -0.39 is 0 Å². The summed E-state index contributed by atoms with van der Waals surface area (Å²) >= 11 is 0. The minimum absolute atomic E-state index is 0.157. The first kappa shape index (κ1) is 11.7. The number of nitriles is 1. The molecular formula is C12H16N4O. The molecule has 1 fully saturated rings. The zero-order valence-electron chi connectivity index (χ0n) is 9.86. The van der Waals surface area contributed by atoms with Gasteiger partial charge in [-0.05, 0) is 25.8 Å². The molecule has 1 aromatic rings. The number of hydrogen-bond donors (Lipinski definition) is 2. The largest absolute Gasteiger partial charge is 0.397 e. The van der Waals surface area contributed by atoms with Gasteiger partial charge in [0.2, 0.25) is 0 Å². The van der Waals surface area contributed by atoms with Gasteiger partial charge >= 0.3 is 0 Å². The van der Waals surface area contributed by atoms with Gasteiger partial charge in [0.05, 0.1) is 23.0 Å². The van der Waals surface area contributed by atoms with E-state index in [-0.39, 0.29) is 5.60 Å². The number of ether oxygens (including phenoxy) is 1. The quantitative estimate of drug-likeness (QED) is 0.825. The summed E-state index contributed by atoms with van der Waals surface area (Å²) in [5, 5.41) is 12.1. The first-order chi connectivity index (χ1) is 8.13. The van der Waals surface area contributed by atoms with Crippen molar-refractivity contribution in [2.24, 2.45) is 0 Å². The molecule has 0 amide bonds. The number of rotatable bonds is 3. The number of nitrogens with two attached hydrogens (primary N) is 1. The van der Waals surface area contributed by atoms with Crippen LogP contribution in [0.2, 0.25) is 0 Å². The minimum Gasteiger partial charge on any atom is -0.397 e. The van der Waals surface area contributed by atoms with Crippen molar-refractivity contribution in [1.82, 2.24) is 4.98 Å². The van der Waals surface area contributed by atoms with Crippen LogP contribution in [0.1, 0.15) is 25.3 Å². The molecule has 0 saturated carbocycles. The number of nitrogen functional groups attached to an aromatic ring is 1. The van der Waals surface area contributed by atoms with Crippen LogP contribution in [-0.2, 0) is 4.74 Å². The molecule has 0 aromatic carbocycles. The fraction of sp³-hybridized carbons (Fsp3) is 0.500. The summed E-state index contributed by atoms with van der Waals surface area (Å²) in [5.74, 6) is 0.568. The number of anilines is 2. The van der Waals surface area contributed by atoms with Gasteiger partial charge in [-0.25, -0.2) is 4.98 Å². The number of aromatic nitrogens is 1. The summed E-state index contributed by atoms with van der Waals surface area (Å²) < 4.78 is 5.66. The van der Waals surface area contributed by atoms with Crippen molar-refractivity contribution in [3.63, 3.8) is 0 Å². The maximum Gasteiger partial charge on any atom is 0.144 e. The number of nitrogens with zero attached hydrogens (tertiary/aromatic N) is 2. The van der Waals surface area contributed by atoms with Gasteiger partial charge in [-0.2, -0.15) is 5.26 Å². The predicted octanol–water partition coefficient (Wildman–Crippen LogP) is 1.52. The van der Waals surface area contributed by atoms with Gasteiger partial charge in [0.25, 0.3) is 0 Å². The van der Waals surface area contributed by atoms with Crippen LogP contribution in [0, 0.1) is 11.3 Å². The highest BCUT2D eigenvalue weighted by molar-refractivity contribution is 5.57. The van der Waals surface area contributed by atoms with E-state index in [1.54, 1.807) is 12.3 Å². The van der Waals surface area contributed by atoms with Crippen molar-refractivity contribution < 1.29 is 4.74 Å². The van der Waals surface area contributed by atoms with E-state index in [0.717, 1.165) is 19.4 Å². The van der Waals surface area contributed by atoms with Crippen molar-refractivity contribution >= 4 is 11.5 Å². The summed E-state index contributed by atoms with van der Waals surface area (Å²) in [6.45, 7) is 3.52. The lowest BCUT2D eigenvalue weighted by atomic mass is 10.0. The van der Waals surface area contributed by atoms with Crippen molar-refractivity contribution in [2.45, 2.75) is 25.4 Å². The summed E-state index contributed by atoms with van der Waals surface area (Å²) in [6.07, 6.45) is 3.65. The molecule has 1 saturated heterocycles. The van der Waals surface area contributed by atoms with Crippen molar-refractivity contribution in [3.05, 3.63) is 17.8 Å². The molecule has 0 radical (unpaired) electrons. The molecule has 2 heterocycles. The summed E-state index contributed by atoms with van der Waals surface area (Å²) in [7, 11) is 0. The smallest absolute Gasteiger partial charge is 0.144 e. The second kappa shape index (κ2) is 4.60. The van der Waals surface area contributed by atoms with Gasteiger partial charge in [0.1, 0.15) is 11.9 Å². The Morgan fingerprint density at radius 1 is 1.71 bits per heavy atom. The number of nitrogens with one attached hydrogen (secondary N) is 1.